The molecule has 1 aliphatic rings. The van der Waals surface area contributed by atoms with Gasteiger partial charge < -0.3 is 0 Å². The first-order valence-corrected chi connectivity index (χ1v) is 4.27. The Morgan fingerprint density at radius 3 is 2.73 bits per heavy atom. The summed E-state index contributed by atoms with van der Waals surface area (Å²) in [5.74, 6) is 1.66. The van der Waals surface area contributed by atoms with Gasteiger partial charge in [-0.25, -0.2) is 0 Å². The van der Waals surface area contributed by atoms with E-state index in [4.69, 9.17) is 0 Å². The van der Waals surface area contributed by atoms with Gasteiger partial charge in [0.25, 0.3) is 0 Å². The maximum absolute atomic E-state index is 4.25. The summed E-state index contributed by atoms with van der Waals surface area (Å²) in [5, 5.41) is 7.23. The van der Waals surface area contributed by atoms with Crippen LogP contribution in [0.3, 0.4) is 0 Å². The zero-order valence-corrected chi connectivity index (χ0v) is 7.09. The Hall–Kier alpha value is -0.790. The van der Waals surface area contributed by atoms with Crippen molar-refractivity contribution in [3.8, 4) is 0 Å². The maximum Gasteiger partial charge on any atom is 0.0655 e. The van der Waals surface area contributed by atoms with Crippen LogP contribution in [-0.2, 0) is 0 Å². The number of nitrogens with one attached hydrogen (secondary N) is 1. The molecule has 1 saturated carbocycles. The van der Waals surface area contributed by atoms with E-state index in [0.29, 0.717) is 0 Å². The third-order valence-electron chi connectivity index (χ3n) is 2.52. The summed E-state index contributed by atoms with van der Waals surface area (Å²) in [4.78, 5) is 0. The molecule has 2 heteroatoms. The molecule has 1 N–H and O–H groups in total. The Morgan fingerprint density at radius 2 is 2.27 bits per heavy atom. The topological polar surface area (TPSA) is 28.7 Å². The van der Waals surface area contributed by atoms with Gasteiger partial charge in [0, 0.05) is 11.6 Å². The summed E-state index contributed by atoms with van der Waals surface area (Å²) in [5.41, 5.74) is 2.44. The average Bonchev–Trinajstić information content (AvgIpc) is 2.29. The van der Waals surface area contributed by atoms with E-state index >= 15 is 0 Å². The summed E-state index contributed by atoms with van der Waals surface area (Å²) in [7, 11) is 0. The van der Waals surface area contributed by atoms with Crippen molar-refractivity contribution in [1.29, 1.82) is 0 Å². The molecule has 0 aliphatic heterocycles. The summed E-state index contributed by atoms with van der Waals surface area (Å²) in [6.07, 6.45) is 2.65. The molecule has 60 valence electrons. The molecular formula is C9H14N2. The number of hydrogen-bond donors (Lipinski definition) is 1. The van der Waals surface area contributed by atoms with Gasteiger partial charge in [-0.2, -0.15) is 5.10 Å². The highest BCUT2D eigenvalue weighted by Gasteiger charge is 2.28. The average molecular weight is 150 g/mol. The van der Waals surface area contributed by atoms with Crippen LogP contribution in [0.2, 0.25) is 0 Å². The van der Waals surface area contributed by atoms with Gasteiger partial charge in [0.2, 0.25) is 0 Å². The van der Waals surface area contributed by atoms with Crippen LogP contribution in [0.25, 0.3) is 0 Å². The number of hydrogen-bond acceptors (Lipinski definition) is 1. The highest BCUT2D eigenvalue weighted by atomic mass is 15.1. The molecule has 0 amide bonds. The minimum Gasteiger partial charge on any atom is -0.283 e. The van der Waals surface area contributed by atoms with Crippen LogP contribution in [0.4, 0.5) is 0 Å². The van der Waals surface area contributed by atoms with Crippen molar-refractivity contribution in [2.45, 2.75) is 32.6 Å². The highest BCUT2D eigenvalue weighted by molar-refractivity contribution is 5.14. The molecule has 1 aliphatic carbocycles. The first-order chi connectivity index (χ1) is 5.25. The van der Waals surface area contributed by atoms with Crippen molar-refractivity contribution in [3.63, 3.8) is 0 Å². The number of nitrogens with zero attached hydrogens (tertiary/aromatic N) is 1. The molecule has 0 saturated heterocycles. The van der Waals surface area contributed by atoms with Crippen LogP contribution in [0.15, 0.2) is 6.07 Å². The van der Waals surface area contributed by atoms with Crippen LogP contribution >= 0.6 is 0 Å². The predicted octanol–water partition coefficient (Wildman–Crippen LogP) is 2.23. The van der Waals surface area contributed by atoms with E-state index in [1.54, 1.807) is 0 Å². The number of aryl methyl sites for hydroxylation is 1. The molecule has 0 unspecified atom stereocenters. The first kappa shape index (κ1) is 6.89. The second-order valence-electron chi connectivity index (χ2n) is 3.75. The van der Waals surface area contributed by atoms with E-state index in [1.165, 1.54) is 24.2 Å². The lowest BCUT2D eigenvalue weighted by Gasteiger charge is -2.30. The molecule has 0 spiro atoms. The molecule has 0 radical (unpaired) electrons. The molecule has 2 nitrogen and oxygen atoms in total. The molecule has 2 rings (SSSR count). The Labute approximate surface area is 67.0 Å². The highest BCUT2D eigenvalue weighted by Crippen LogP contribution is 2.40. The van der Waals surface area contributed by atoms with Crippen molar-refractivity contribution >= 4 is 0 Å². The van der Waals surface area contributed by atoms with Gasteiger partial charge in [0.1, 0.15) is 0 Å². The van der Waals surface area contributed by atoms with Crippen LogP contribution in [-0.4, -0.2) is 10.2 Å². The molecule has 1 fully saturated rings. The fourth-order valence-electron chi connectivity index (χ4n) is 1.79. The standard InChI is InChI=1S/C9H14N2/c1-6-3-8(4-6)9-5-7(2)10-11-9/h5-6,8H,3-4H2,1-2H3,(H,10,11). The molecule has 1 heterocycles. The molecule has 0 bridgehead atoms. The lowest BCUT2D eigenvalue weighted by Crippen LogP contribution is -2.19. The van der Waals surface area contributed by atoms with E-state index in [2.05, 4.69) is 30.1 Å². The molecule has 1 aromatic rings. The third kappa shape index (κ3) is 1.17. The quantitative estimate of drug-likeness (QED) is 0.653. The molecule has 0 aromatic carbocycles. The SMILES string of the molecule is Cc1cc(C2CC(C)C2)n[nH]1. The van der Waals surface area contributed by atoms with E-state index < -0.39 is 0 Å². The predicted molar refractivity (Wildman–Crippen MR) is 44.5 cm³/mol. The number of aromatic nitrogens is 2. The van der Waals surface area contributed by atoms with Crippen LogP contribution in [0.5, 0.6) is 0 Å². The van der Waals surface area contributed by atoms with Crippen molar-refractivity contribution in [2.75, 3.05) is 0 Å². The summed E-state index contributed by atoms with van der Waals surface area (Å²) < 4.78 is 0. The molecule has 11 heavy (non-hydrogen) atoms. The zero-order valence-electron chi connectivity index (χ0n) is 7.09. The Balaban J connectivity index is 2.07. The van der Waals surface area contributed by atoms with Crippen molar-refractivity contribution in [3.05, 3.63) is 17.5 Å². The summed E-state index contributed by atoms with van der Waals surface area (Å²) in [6, 6.07) is 2.16. The van der Waals surface area contributed by atoms with Crippen LogP contribution in [0.1, 0.15) is 37.1 Å². The smallest absolute Gasteiger partial charge is 0.0655 e. The van der Waals surface area contributed by atoms with Gasteiger partial charge in [-0.1, -0.05) is 6.92 Å². The number of aromatic amines is 1. The number of rotatable bonds is 1. The number of H-pyrrole nitrogens is 1. The van der Waals surface area contributed by atoms with Gasteiger partial charge >= 0.3 is 0 Å². The van der Waals surface area contributed by atoms with Crippen molar-refractivity contribution in [1.82, 2.24) is 10.2 Å². The van der Waals surface area contributed by atoms with Crippen molar-refractivity contribution in [2.24, 2.45) is 5.92 Å². The summed E-state index contributed by atoms with van der Waals surface area (Å²) >= 11 is 0. The second-order valence-corrected chi connectivity index (χ2v) is 3.75. The zero-order chi connectivity index (χ0) is 7.84. The van der Waals surface area contributed by atoms with E-state index in [0.717, 1.165) is 11.8 Å². The van der Waals surface area contributed by atoms with Gasteiger partial charge in [-0.05, 0) is 31.7 Å². The van der Waals surface area contributed by atoms with Gasteiger partial charge in [0.05, 0.1) is 5.69 Å². The van der Waals surface area contributed by atoms with E-state index in [9.17, 15) is 0 Å². The van der Waals surface area contributed by atoms with Gasteiger partial charge in [-0.15, -0.1) is 0 Å². The van der Waals surface area contributed by atoms with Crippen LogP contribution in [0, 0.1) is 12.8 Å². The summed E-state index contributed by atoms with van der Waals surface area (Å²) in [6.45, 7) is 4.36. The maximum atomic E-state index is 4.25. The largest absolute Gasteiger partial charge is 0.283 e. The Morgan fingerprint density at radius 1 is 1.55 bits per heavy atom. The molecule has 1 aromatic heterocycles. The normalized spacial score (nSPS) is 30.0. The molecular weight excluding hydrogens is 136 g/mol. The van der Waals surface area contributed by atoms with Crippen LogP contribution < -0.4 is 0 Å². The monoisotopic (exact) mass is 150 g/mol. The Kier molecular flexibility index (Phi) is 1.48. The minimum atomic E-state index is 0.745. The van der Waals surface area contributed by atoms with E-state index in [-0.39, 0.29) is 0 Å². The van der Waals surface area contributed by atoms with E-state index in [1.807, 2.05) is 0 Å². The lowest BCUT2D eigenvalue weighted by atomic mass is 9.74. The lowest BCUT2D eigenvalue weighted by molar-refractivity contribution is 0.283. The fourth-order valence-corrected chi connectivity index (χ4v) is 1.79. The van der Waals surface area contributed by atoms with Gasteiger partial charge in [0.15, 0.2) is 0 Å². The Bertz CT molecular complexity index is 246. The second kappa shape index (κ2) is 2.36. The van der Waals surface area contributed by atoms with Crippen molar-refractivity contribution < 1.29 is 0 Å². The first-order valence-electron chi connectivity index (χ1n) is 4.27. The fraction of sp³-hybridized carbons (Fsp3) is 0.667. The third-order valence-corrected chi connectivity index (χ3v) is 2.52. The van der Waals surface area contributed by atoms with Gasteiger partial charge in [-0.3, -0.25) is 5.10 Å². The molecule has 0 atom stereocenters. The minimum absolute atomic E-state index is 0.745.